The van der Waals surface area contributed by atoms with Crippen molar-refractivity contribution in [1.82, 2.24) is 15.8 Å². The minimum atomic E-state index is -0.570. The number of carbonyl (C=O) groups is 1. The predicted octanol–water partition coefficient (Wildman–Crippen LogP) is 2.84. The molecule has 0 saturated carbocycles. The fourth-order valence-electron chi connectivity index (χ4n) is 3.19. The van der Waals surface area contributed by atoms with Crippen molar-refractivity contribution in [3.8, 4) is 11.3 Å². The van der Waals surface area contributed by atoms with Crippen molar-refractivity contribution in [2.75, 3.05) is 13.1 Å². The quantitative estimate of drug-likeness (QED) is 0.856. The van der Waals surface area contributed by atoms with Gasteiger partial charge >= 0.3 is 0 Å². The largest absolute Gasteiger partial charge is 0.361 e. The van der Waals surface area contributed by atoms with Gasteiger partial charge in [0.1, 0.15) is 17.0 Å². The van der Waals surface area contributed by atoms with E-state index in [9.17, 15) is 4.79 Å². The first-order chi connectivity index (χ1) is 11.6. The fraction of sp³-hybridized carbons (Fsp3) is 0.474. The summed E-state index contributed by atoms with van der Waals surface area (Å²) in [7, 11) is 0. The highest BCUT2D eigenvalue weighted by Gasteiger charge is 2.41. The van der Waals surface area contributed by atoms with Crippen molar-refractivity contribution in [2.24, 2.45) is 0 Å². The summed E-state index contributed by atoms with van der Waals surface area (Å²) in [5.74, 6) is 0.807. The molecule has 1 saturated heterocycles. The van der Waals surface area contributed by atoms with E-state index in [0.29, 0.717) is 13.0 Å². The van der Waals surface area contributed by atoms with Gasteiger partial charge in [0.05, 0.1) is 0 Å². The standard InChI is InChI=1S/C19H25N3O2/c1-3-10-20-18(23)19(9-4-11-21-19)13-16-12-17(22-24-16)15-7-5-14(2)6-8-15/h5-8,12,21H,3-4,9-11,13H2,1-2H3,(H,20,23)/t19-/m0/s1. The lowest BCUT2D eigenvalue weighted by atomic mass is 9.90. The second-order valence-corrected chi connectivity index (χ2v) is 6.59. The Labute approximate surface area is 142 Å². The molecule has 0 bridgehead atoms. The molecule has 2 N–H and O–H groups in total. The van der Waals surface area contributed by atoms with Crippen LogP contribution in [0.3, 0.4) is 0 Å². The summed E-state index contributed by atoms with van der Waals surface area (Å²) in [6, 6.07) is 10.1. The van der Waals surface area contributed by atoms with Crippen LogP contribution in [0.1, 0.15) is 37.5 Å². The van der Waals surface area contributed by atoms with Crippen molar-refractivity contribution < 1.29 is 9.32 Å². The van der Waals surface area contributed by atoms with Gasteiger partial charge < -0.3 is 15.2 Å². The minimum absolute atomic E-state index is 0.0649. The van der Waals surface area contributed by atoms with E-state index >= 15 is 0 Å². The van der Waals surface area contributed by atoms with Crippen molar-refractivity contribution >= 4 is 5.91 Å². The molecule has 5 heteroatoms. The lowest BCUT2D eigenvalue weighted by Gasteiger charge is -2.27. The van der Waals surface area contributed by atoms with Crippen molar-refractivity contribution in [2.45, 2.75) is 45.1 Å². The zero-order valence-electron chi connectivity index (χ0n) is 14.4. The van der Waals surface area contributed by atoms with Crippen LogP contribution < -0.4 is 10.6 Å². The first-order valence-corrected chi connectivity index (χ1v) is 8.69. The van der Waals surface area contributed by atoms with Crippen LogP contribution in [0.15, 0.2) is 34.9 Å². The first-order valence-electron chi connectivity index (χ1n) is 8.69. The van der Waals surface area contributed by atoms with Gasteiger partial charge in [-0.15, -0.1) is 0 Å². The third-order valence-electron chi connectivity index (χ3n) is 4.60. The molecule has 1 aliphatic heterocycles. The maximum atomic E-state index is 12.6. The van der Waals surface area contributed by atoms with Crippen LogP contribution in [0.25, 0.3) is 11.3 Å². The molecule has 2 aromatic rings. The van der Waals surface area contributed by atoms with Gasteiger partial charge in [-0.3, -0.25) is 4.79 Å². The van der Waals surface area contributed by atoms with E-state index in [1.54, 1.807) is 0 Å². The van der Waals surface area contributed by atoms with Gasteiger partial charge in [0.15, 0.2) is 0 Å². The maximum Gasteiger partial charge on any atom is 0.240 e. The SMILES string of the molecule is CCCNC(=O)[C@@]1(Cc2cc(-c3ccc(C)cc3)no2)CCCN1. The highest BCUT2D eigenvalue weighted by Crippen LogP contribution is 2.27. The molecule has 0 spiro atoms. The van der Waals surface area contributed by atoms with Gasteiger partial charge in [-0.05, 0) is 32.7 Å². The summed E-state index contributed by atoms with van der Waals surface area (Å²) in [4.78, 5) is 12.6. The number of hydrogen-bond acceptors (Lipinski definition) is 4. The number of aryl methyl sites for hydroxylation is 1. The van der Waals surface area contributed by atoms with Crippen LogP contribution in [0, 0.1) is 6.92 Å². The molecule has 24 heavy (non-hydrogen) atoms. The third kappa shape index (κ3) is 3.51. The van der Waals surface area contributed by atoms with Crippen LogP contribution in [0.5, 0.6) is 0 Å². The predicted molar refractivity (Wildman–Crippen MR) is 93.6 cm³/mol. The fourth-order valence-corrected chi connectivity index (χ4v) is 3.19. The second kappa shape index (κ2) is 7.18. The normalized spacial score (nSPS) is 20.2. The molecule has 1 aromatic carbocycles. The van der Waals surface area contributed by atoms with Gasteiger partial charge in [-0.2, -0.15) is 0 Å². The van der Waals surface area contributed by atoms with Gasteiger partial charge in [0.25, 0.3) is 0 Å². The molecule has 1 aliphatic rings. The highest BCUT2D eigenvalue weighted by atomic mass is 16.5. The monoisotopic (exact) mass is 327 g/mol. The minimum Gasteiger partial charge on any atom is -0.361 e. The third-order valence-corrected chi connectivity index (χ3v) is 4.60. The number of nitrogens with one attached hydrogen (secondary N) is 2. The Bertz CT molecular complexity index is 685. The van der Waals surface area contributed by atoms with E-state index in [-0.39, 0.29) is 5.91 Å². The summed E-state index contributed by atoms with van der Waals surface area (Å²) in [6.07, 6.45) is 3.28. The zero-order valence-corrected chi connectivity index (χ0v) is 14.4. The van der Waals surface area contributed by atoms with E-state index in [0.717, 1.165) is 42.8 Å². The average Bonchev–Trinajstić information content (AvgIpc) is 3.24. The molecule has 5 nitrogen and oxygen atoms in total. The smallest absolute Gasteiger partial charge is 0.240 e. The summed E-state index contributed by atoms with van der Waals surface area (Å²) < 4.78 is 5.52. The Hall–Kier alpha value is -2.14. The topological polar surface area (TPSA) is 67.2 Å². The zero-order chi connectivity index (χ0) is 17.0. The summed E-state index contributed by atoms with van der Waals surface area (Å²) in [6.45, 7) is 5.67. The Kier molecular flexibility index (Phi) is 5.00. The van der Waals surface area contributed by atoms with Crippen molar-refractivity contribution in [3.63, 3.8) is 0 Å². The molecule has 1 fully saturated rings. The summed E-state index contributed by atoms with van der Waals surface area (Å²) in [5, 5.41) is 10.6. The molecular weight excluding hydrogens is 302 g/mol. The molecule has 0 aliphatic carbocycles. The van der Waals surface area contributed by atoms with E-state index in [1.807, 2.05) is 18.2 Å². The second-order valence-electron chi connectivity index (χ2n) is 6.59. The molecule has 2 heterocycles. The number of rotatable bonds is 6. The Balaban J connectivity index is 1.76. The highest BCUT2D eigenvalue weighted by molar-refractivity contribution is 5.87. The lowest BCUT2D eigenvalue weighted by molar-refractivity contribution is -0.127. The van der Waals surface area contributed by atoms with Crippen LogP contribution >= 0.6 is 0 Å². The van der Waals surface area contributed by atoms with Crippen LogP contribution in [-0.2, 0) is 11.2 Å². The Morgan fingerprint density at radius 3 is 2.83 bits per heavy atom. The van der Waals surface area contributed by atoms with Gasteiger partial charge in [0.2, 0.25) is 5.91 Å². The van der Waals surface area contributed by atoms with Gasteiger partial charge in [0, 0.05) is 24.6 Å². The molecule has 0 radical (unpaired) electrons. The van der Waals surface area contributed by atoms with Crippen LogP contribution in [0.4, 0.5) is 0 Å². The number of aromatic nitrogens is 1. The first kappa shape index (κ1) is 16.7. The number of amides is 1. The molecule has 0 unspecified atom stereocenters. The Morgan fingerprint density at radius 1 is 1.38 bits per heavy atom. The van der Waals surface area contributed by atoms with Crippen LogP contribution in [0.2, 0.25) is 0 Å². The molecule has 1 amide bonds. The molecule has 1 aromatic heterocycles. The van der Waals surface area contributed by atoms with E-state index in [2.05, 4.69) is 41.8 Å². The average molecular weight is 327 g/mol. The lowest BCUT2D eigenvalue weighted by Crippen LogP contribution is -2.55. The molecule has 1 atom stereocenters. The molecule has 128 valence electrons. The Morgan fingerprint density at radius 2 is 2.17 bits per heavy atom. The number of carbonyl (C=O) groups excluding carboxylic acids is 1. The number of benzene rings is 1. The van der Waals surface area contributed by atoms with E-state index in [1.165, 1.54) is 5.56 Å². The van der Waals surface area contributed by atoms with E-state index < -0.39 is 5.54 Å². The van der Waals surface area contributed by atoms with Gasteiger partial charge in [-0.1, -0.05) is 41.9 Å². The summed E-state index contributed by atoms with van der Waals surface area (Å²) >= 11 is 0. The van der Waals surface area contributed by atoms with Crippen molar-refractivity contribution in [3.05, 3.63) is 41.7 Å². The molecule has 3 rings (SSSR count). The molecular formula is C19H25N3O2. The number of nitrogens with zero attached hydrogens (tertiary/aromatic N) is 1. The van der Waals surface area contributed by atoms with Crippen molar-refractivity contribution in [1.29, 1.82) is 0 Å². The number of hydrogen-bond donors (Lipinski definition) is 2. The van der Waals surface area contributed by atoms with Crippen LogP contribution in [-0.4, -0.2) is 29.7 Å². The maximum absolute atomic E-state index is 12.6. The summed E-state index contributed by atoms with van der Waals surface area (Å²) in [5.41, 5.74) is 2.48. The van der Waals surface area contributed by atoms with Gasteiger partial charge in [-0.25, -0.2) is 0 Å². The van der Waals surface area contributed by atoms with E-state index in [4.69, 9.17) is 4.52 Å².